The first-order chi connectivity index (χ1) is 13.4. The molecule has 146 valence electrons. The third kappa shape index (κ3) is 4.00. The van der Waals surface area contributed by atoms with Crippen LogP contribution in [0.25, 0.3) is 10.2 Å². The molecule has 0 fully saturated rings. The molecular weight excluding hydrogens is 406 g/mol. The lowest BCUT2D eigenvalue weighted by Crippen LogP contribution is -2.28. The van der Waals surface area contributed by atoms with E-state index in [-0.39, 0.29) is 24.1 Å². The molecule has 1 amide bonds. The molecule has 0 unspecified atom stereocenters. The number of nitrogens with one attached hydrogen (secondary N) is 1. The summed E-state index contributed by atoms with van der Waals surface area (Å²) in [7, 11) is 1.47. The van der Waals surface area contributed by atoms with Gasteiger partial charge in [0.15, 0.2) is 0 Å². The molecular formula is C18H16ClN3O5S. The van der Waals surface area contributed by atoms with Crippen LogP contribution in [-0.4, -0.2) is 35.1 Å². The number of amides is 1. The van der Waals surface area contributed by atoms with Crippen molar-refractivity contribution in [3.63, 3.8) is 0 Å². The van der Waals surface area contributed by atoms with Crippen LogP contribution in [0.4, 0.5) is 5.69 Å². The summed E-state index contributed by atoms with van der Waals surface area (Å²) in [6.07, 6.45) is 1.27. The number of methoxy groups -OCH3 is 1. The minimum Gasteiger partial charge on any atom is -0.495 e. The Bertz CT molecular complexity index is 1110. The van der Waals surface area contributed by atoms with Crippen LogP contribution in [0, 0.1) is 0 Å². The average molecular weight is 422 g/mol. The minimum atomic E-state index is -0.599. The Morgan fingerprint density at radius 1 is 1.36 bits per heavy atom. The van der Waals surface area contributed by atoms with Crippen molar-refractivity contribution in [2.75, 3.05) is 19.0 Å². The number of rotatable bonds is 6. The van der Waals surface area contributed by atoms with E-state index in [1.165, 1.54) is 18.8 Å². The summed E-state index contributed by atoms with van der Waals surface area (Å²) >= 11 is 7.12. The Hall–Kier alpha value is -2.91. The second-order valence-corrected chi connectivity index (χ2v) is 6.91. The van der Waals surface area contributed by atoms with Gasteiger partial charge in [-0.3, -0.25) is 14.2 Å². The monoisotopic (exact) mass is 421 g/mol. The zero-order valence-corrected chi connectivity index (χ0v) is 16.6. The van der Waals surface area contributed by atoms with Crippen molar-refractivity contribution in [3.05, 3.63) is 50.8 Å². The van der Waals surface area contributed by atoms with Crippen molar-refractivity contribution in [3.8, 4) is 5.75 Å². The van der Waals surface area contributed by atoms with E-state index >= 15 is 0 Å². The standard InChI is InChI=1S/C18H16ClN3O5S/c1-3-27-18(25)11-8-28-16-15(11)17(24)22(9-20-16)7-14(23)21-12-6-10(19)4-5-13(12)26-2/h4-6,8-9H,3,7H2,1-2H3,(H,21,23). The number of nitrogens with zero attached hydrogens (tertiary/aromatic N) is 2. The van der Waals surface area contributed by atoms with E-state index in [1.54, 1.807) is 25.1 Å². The number of hydrogen-bond donors (Lipinski definition) is 1. The van der Waals surface area contributed by atoms with Crippen molar-refractivity contribution in [1.82, 2.24) is 9.55 Å². The molecule has 2 aromatic heterocycles. The van der Waals surface area contributed by atoms with Gasteiger partial charge in [-0.05, 0) is 25.1 Å². The summed E-state index contributed by atoms with van der Waals surface area (Å²) in [6.45, 7) is 1.57. The van der Waals surface area contributed by atoms with Crippen LogP contribution in [0.3, 0.4) is 0 Å². The van der Waals surface area contributed by atoms with Gasteiger partial charge < -0.3 is 14.8 Å². The number of esters is 1. The molecule has 0 saturated heterocycles. The summed E-state index contributed by atoms with van der Waals surface area (Å²) in [4.78, 5) is 41.8. The van der Waals surface area contributed by atoms with Crippen molar-refractivity contribution in [1.29, 1.82) is 0 Å². The summed E-state index contributed by atoms with van der Waals surface area (Å²) in [5.41, 5.74) is 0.0259. The fourth-order valence-corrected chi connectivity index (χ4v) is 3.60. The zero-order chi connectivity index (χ0) is 20.3. The number of fused-ring (bicyclic) bond motifs is 1. The van der Waals surface area contributed by atoms with Crippen LogP contribution in [0.5, 0.6) is 5.75 Å². The van der Waals surface area contributed by atoms with Gasteiger partial charge in [0.25, 0.3) is 5.56 Å². The van der Waals surface area contributed by atoms with Gasteiger partial charge in [0.2, 0.25) is 5.91 Å². The molecule has 0 bridgehead atoms. The van der Waals surface area contributed by atoms with Gasteiger partial charge in [0, 0.05) is 10.4 Å². The molecule has 0 aliphatic rings. The fourth-order valence-electron chi connectivity index (χ4n) is 2.56. The van der Waals surface area contributed by atoms with Gasteiger partial charge in [-0.1, -0.05) is 11.6 Å². The zero-order valence-electron chi connectivity index (χ0n) is 15.0. The Balaban J connectivity index is 1.88. The molecule has 8 nitrogen and oxygen atoms in total. The number of anilines is 1. The van der Waals surface area contributed by atoms with Gasteiger partial charge >= 0.3 is 5.97 Å². The Kier molecular flexibility index (Phi) is 5.96. The smallest absolute Gasteiger partial charge is 0.339 e. The Labute approximate surface area is 168 Å². The number of hydrogen-bond acceptors (Lipinski definition) is 7. The van der Waals surface area contributed by atoms with E-state index in [9.17, 15) is 14.4 Å². The molecule has 3 aromatic rings. The third-order valence-corrected chi connectivity index (χ3v) is 4.93. The highest BCUT2D eigenvalue weighted by Crippen LogP contribution is 2.27. The lowest BCUT2D eigenvalue weighted by Gasteiger charge is -2.11. The molecule has 1 N–H and O–H groups in total. The molecule has 1 aromatic carbocycles. The molecule has 0 aliphatic heterocycles. The maximum absolute atomic E-state index is 12.8. The van der Waals surface area contributed by atoms with Gasteiger partial charge in [-0.15, -0.1) is 11.3 Å². The highest BCUT2D eigenvalue weighted by molar-refractivity contribution is 7.17. The SMILES string of the molecule is CCOC(=O)c1csc2ncn(CC(=O)Nc3cc(Cl)ccc3OC)c(=O)c12. The quantitative estimate of drug-likeness (QED) is 0.614. The number of ether oxygens (including phenoxy) is 2. The molecule has 10 heteroatoms. The number of carbonyl (C=O) groups is 2. The fraction of sp³-hybridized carbons (Fsp3) is 0.222. The first-order valence-corrected chi connectivity index (χ1v) is 9.47. The van der Waals surface area contributed by atoms with E-state index < -0.39 is 17.4 Å². The topological polar surface area (TPSA) is 99.5 Å². The second-order valence-electron chi connectivity index (χ2n) is 5.62. The summed E-state index contributed by atoms with van der Waals surface area (Å²) in [5, 5.41) is 4.74. The van der Waals surface area contributed by atoms with Gasteiger partial charge in [-0.25, -0.2) is 9.78 Å². The van der Waals surface area contributed by atoms with E-state index in [1.807, 2.05) is 0 Å². The van der Waals surface area contributed by atoms with E-state index in [2.05, 4.69) is 10.3 Å². The van der Waals surface area contributed by atoms with Gasteiger partial charge in [0.1, 0.15) is 17.1 Å². The summed E-state index contributed by atoms with van der Waals surface area (Å²) in [6, 6.07) is 4.79. The predicted octanol–water partition coefficient (Wildman–Crippen LogP) is 2.94. The van der Waals surface area contributed by atoms with Crippen LogP contribution in [0.1, 0.15) is 17.3 Å². The Morgan fingerprint density at radius 2 is 2.14 bits per heavy atom. The van der Waals surface area contributed by atoms with Crippen molar-refractivity contribution < 1.29 is 19.1 Å². The first kappa shape index (κ1) is 19.8. The van der Waals surface area contributed by atoms with Crippen LogP contribution in [-0.2, 0) is 16.1 Å². The van der Waals surface area contributed by atoms with Crippen LogP contribution in [0.15, 0.2) is 34.7 Å². The second kappa shape index (κ2) is 8.41. The van der Waals surface area contributed by atoms with Gasteiger partial charge in [-0.2, -0.15) is 0 Å². The lowest BCUT2D eigenvalue weighted by molar-refractivity contribution is -0.116. The maximum atomic E-state index is 12.8. The largest absolute Gasteiger partial charge is 0.495 e. The summed E-state index contributed by atoms with van der Waals surface area (Å²) < 4.78 is 11.3. The number of carbonyl (C=O) groups excluding carboxylic acids is 2. The van der Waals surface area contributed by atoms with Gasteiger partial charge in [0.05, 0.1) is 36.7 Å². The number of thiophene rings is 1. The highest BCUT2D eigenvalue weighted by Gasteiger charge is 2.19. The molecule has 3 rings (SSSR count). The molecule has 0 saturated carbocycles. The minimum absolute atomic E-state index is 0.138. The summed E-state index contributed by atoms with van der Waals surface area (Å²) in [5.74, 6) is -0.642. The van der Waals surface area contributed by atoms with Crippen molar-refractivity contribution in [2.24, 2.45) is 0 Å². The molecule has 0 radical (unpaired) electrons. The molecule has 2 heterocycles. The molecule has 0 spiro atoms. The number of benzene rings is 1. The number of halogens is 1. The van der Waals surface area contributed by atoms with E-state index in [0.29, 0.717) is 21.3 Å². The third-order valence-electron chi connectivity index (χ3n) is 3.81. The Morgan fingerprint density at radius 3 is 2.86 bits per heavy atom. The van der Waals surface area contributed by atoms with Crippen molar-refractivity contribution >= 4 is 50.7 Å². The number of aromatic nitrogens is 2. The van der Waals surface area contributed by atoms with Crippen LogP contribution >= 0.6 is 22.9 Å². The maximum Gasteiger partial charge on any atom is 0.339 e. The van der Waals surface area contributed by atoms with E-state index in [0.717, 1.165) is 15.9 Å². The van der Waals surface area contributed by atoms with Crippen LogP contribution < -0.4 is 15.6 Å². The molecule has 28 heavy (non-hydrogen) atoms. The average Bonchev–Trinajstić information content (AvgIpc) is 3.09. The lowest BCUT2D eigenvalue weighted by atomic mass is 10.2. The van der Waals surface area contributed by atoms with Crippen molar-refractivity contribution in [2.45, 2.75) is 13.5 Å². The molecule has 0 atom stereocenters. The predicted molar refractivity (Wildman–Crippen MR) is 106 cm³/mol. The van der Waals surface area contributed by atoms with E-state index in [4.69, 9.17) is 21.1 Å². The first-order valence-electron chi connectivity index (χ1n) is 8.21. The van der Waals surface area contributed by atoms with Crippen LogP contribution in [0.2, 0.25) is 5.02 Å². The highest BCUT2D eigenvalue weighted by atomic mass is 35.5. The molecule has 0 aliphatic carbocycles. The normalized spacial score (nSPS) is 10.7.